The molecule has 2 aromatic rings. The second-order valence-corrected chi connectivity index (χ2v) is 5.30. The smallest absolute Gasteiger partial charge is 0.424 e. The lowest BCUT2D eigenvalue weighted by atomic mass is 9.77. The van der Waals surface area contributed by atoms with Crippen molar-refractivity contribution in [3.8, 4) is 0 Å². The van der Waals surface area contributed by atoms with Gasteiger partial charge in [0.1, 0.15) is 5.52 Å². The van der Waals surface area contributed by atoms with Gasteiger partial charge in [0.2, 0.25) is 0 Å². The fraction of sp³-hybridized carbons (Fsp3) is 0.500. The third-order valence-corrected chi connectivity index (χ3v) is 3.30. The summed E-state index contributed by atoms with van der Waals surface area (Å²) in [6.07, 6.45) is 0.899. The third kappa shape index (κ3) is 3.32. The molecule has 0 aliphatic heterocycles. The van der Waals surface area contributed by atoms with Gasteiger partial charge in [-0.05, 0) is 44.8 Å². The summed E-state index contributed by atoms with van der Waals surface area (Å²) in [5.74, 6) is 0. The SMILES string of the molecule is CCOB(OC(C)(C)CC)c1ccc2oc(N)nc2c1. The summed E-state index contributed by atoms with van der Waals surface area (Å²) >= 11 is 0. The first-order valence-electron chi connectivity index (χ1n) is 6.90. The average Bonchev–Trinajstić information content (AvgIpc) is 2.77. The van der Waals surface area contributed by atoms with Crippen LogP contribution in [0.15, 0.2) is 22.6 Å². The van der Waals surface area contributed by atoms with E-state index in [4.69, 9.17) is 19.5 Å². The molecule has 1 aromatic carbocycles. The van der Waals surface area contributed by atoms with Gasteiger partial charge in [-0.25, -0.2) is 0 Å². The Bertz CT molecular complexity index is 583. The topological polar surface area (TPSA) is 70.5 Å². The standard InChI is InChI=1S/C14H21BN2O3/c1-5-14(3,4)20-15(18-6-2)10-7-8-12-11(9-10)17-13(16)19-12/h7-9H,5-6H2,1-4H3,(H2,16,17). The van der Waals surface area contributed by atoms with E-state index in [0.717, 1.165) is 11.9 Å². The summed E-state index contributed by atoms with van der Waals surface area (Å²) < 4.78 is 17.0. The summed E-state index contributed by atoms with van der Waals surface area (Å²) in [4.78, 5) is 4.13. The molecule has 1 aromatic heterocycles. The normalized spacial score (nSPS) is 12.0. The van der Waals surface area contributed by atoms with Crippen LogP contribution in [0.25, 0.3) is 11.1 Å². The molecule has 6 heteroatoms. The van der Waals surface area contributed by atoms with Crippen LogP contribution in [0.5, 0.6) is 0 Å². The van der Waals surface area contributed by atoms with E-state index < -0.39 is 7.12 Å². The van der Waals surface area contributed by atoms with Crippen LogP contribution in [-0.2, 0) is 9.31 Å². The van der Waals surface area contributed by atoms with Crippen LogP contribution >= 0.6 is 0 Å². The zero-order valence-corrected chi connectivity index (χ0v) is 12.5. The molecule has 1 heterocycles. The Kier molecular flexibility index (Phi) is 4.35. The van der Waals surface area contributed by atoms with Crippen LogP contribution in [0, 0.1) is 0 Å². The highest BCUT2D eigenvalue weighted by atomic mass is 16.6. The second-order valence-electron chi connectivity index (χ2n) is 5.30. The van der Waals surface area contributed by atoms with Gasteiger partial charge in [-0.15, -0.1) is 0 Å². The molecule has 108 valence electrons. The van der Waals surface area contributed by atoms with Gasteiger partial charge in [-0.3, -0.25) is 0 Å². The molecule has 20 heavy (non-hydrogen) atoms. The number of rotatable bonds is 6. The first-order valence-corrected chi connectivity index (χ1v) is 6.90. The molecule has 0 atom stereocenters. The average molecular weight is 276 g/mol. The Morgan fingerprint density at radius 1 is 1.35 bits per heavy atom. The first kappa shape index (κ1) is 14.9. The van der Waals surface area contributed by atoms with Crippen molar-refractivity contribution in [2.24, 2.45) is 0 Å². The molecule has 5 nitrogen and oxygen atoms in total. The molecular weight excluding hydrogens is 255 g/mol. The highest BCUT2D eigenvalue weighted by Gasteiger charge is 2.29. The molecule has 0 saturated heterocycles. The van der Waals surface area contributed by atoms with Gasteiger partial charge < -0.3 is 19.5 Å². The molecule has 0 amide bonds. The lowest BCUT2D eigenvalue weighted by molar-refractivity contribution is 0.0706. The minimum absolute atomic E-state index is 0.167. The number of anilines is 1. The van der Waals surface area contributed by atoms with Crippen molar-refractivity contribution in [2.75, 3.05) is 12.3 Å². The van der Waals surface area contributed by atoms with Crippen molar-refractivity contribution < 1.29 is 13.7 Å². The van der Waals surface area contributed by atoms with E-state index >= 15 is 0 Å². The quantitative estimate of drug-likeness (QED) is 0.820. The van der Waals surface area contributed by atoms with Crippen LogP contribution in [0.3, 0.4) is 0 Å². The molecule has 0 radical (unpaired) electrons. The maximum absolute atomic E-state index is 6.06. The summed E-state index contributed by atoms with van der Waals surface area (Å²) in [5, 5.41) is 0. The van der Waals surface area contributed by atoms with E-state index in [1.165, 1.54) is 0 Å². The molecule has 0 spiro atoms. The molecule has 0 saturated carbocycles. The highest BCUT2D eigenvalue weighted by Crippen LogP contribution is 2.18. The number of hydrogen-bond acceptors (Lipinski definition) is 5. The van der Waals surface area contributed by atoms with Crippen molar-refractivity contribution in [1.29, 1.82) is 0 Å². The summed E-state index contributed by atoms with van der Waals surface area (Å²) in [7, 11) is -0.419. The Balaban J connectivity index is 2.30. The van der Waals surface area contributed by atoms with Gasteiger partial charge in [-0.1, -0.05) is 13.0 Å². The lowest BCUT2D eigenvalue weighted by Gasteiger charge is -2.28. The number of nitrogen functional groups attached to an aromatic ring is 1. The first-order chi connectivity index (χ1) is 9.45. The molecule has 0 fully saturated rings. The van der Waals surface area contributed by atoms with Crippen LogP contribution in [0.4, 0.5) is 6.01 Å². The zero-order chi connectivity index (χ0) is 14.8. The minimum atomic E-state index is -0.419. The van der Waals surface area contributed by atoms with Crippen molar-refractivity contribution in [1.82, 2.24) is 4.98 Å². The zero-order valence-electron chi connectivity index (χ0n) is 12.5. The molecular formula is C14H21BN2O3. The van der Waals surface area contributed by atoms with Crippen LogP contribution < -0.4 is 11.2 Å². The van der Waals surface area contributed by atoms with Crippen molar-refractivity contribution in [3.05, 3.63) is 18.2 Å². The highest BCUT2D eigenvalue weighted by molar-refractivity contribution is 6.61. The fourth-order valence-corrected chi connectivity index (χ4v) is 1.83. The third-order valence-electron chi connectivity index (χ3n) is 3.30. The van der Waals surface area contributed by atoms with Crippen LogP contribution in [0.2, 0.25) is 0 Å². The Labute approximate surface area is 119 Å². The Morgan fingerprint density at radius 2 is 2.10 bits per heavy atom. The molecule has 0 aliphatic rings. The maximum Gasteiger partial charge on any atom is 0.494 e. The molecule has 2 N–H and O–H groups in total. The van der Waals surface area contributed by atoms with Gasteiger partial charge in [0, 0.05) is 12.2 Å². The van der Waals surface area contributed by atoms with E-state index in [-0.39, 0.29) is 11.6 Å². The Hall–Kier alpha value is -1.53. The van der Waals surface area contributed by atoms with Crippen LogP contribution in [0.1, 0.15) is 34.1 Å². The number of nitrogens with two attached hydrogens (primary N) is 1. The molecule has 0 aliphatic carbocycles. The largest absolute Gasteiger partial charge is 0.494 e. The molecule has 0 bridgehead atoms. The number of nitrogens with zero attached hydrogens (tertiary/aromatic N) is 1. The molecule has 0 unspecified atom stereocenters. The van der Waals surface area contributed by atoms with Crippen molar-refractivity contribution in [3.63, 3.8) is 0 Å². The lowest BCUT2D eigenvalue weighted by Crippen LogP contribution is -2.43. The van der Waals surface area contributed by atoms with E-state index in [0.29, 0.717) is 17.7 Å². The van der Waals surface area contributed by atoms with Crippen molar-refractivity contribution >= 4 is 29.7 Å². The van der Waals surface area contributed by atoms with Crippen LogP contribution in [-0.4, -0.2) is 24.3 Å². The predicted molar refractivity (Wildman–Crippen MR) is 80.9 cm³/mol. The Morgan fingerprint density at radius 3 is 2.75 bits per heavy atom. The van der Waals surface area contributed by atoms with Crippen molar-refractivity contribution in [2.45, 2.75) is 39.7 Å². The number of oxazole rings is 1. The van der Waals surface area contributed by atoms with E-state index in [2.05, 4.69) is 11.9 Å². The van der Waals surface area contributed by atoms with E-state index in [1.807, 2.05) is 39.0 Å². The summed E-state index contributed by atoms with van der Waals surface area (Å²) in [6.45, 7) is 8.70. The summed E-state index contributed by atoms with van der Waals surface area (Å²) in [5.41, 5.74) is 7.59. The minimum Gasteiger partial charge on any atom is -0.424 e. The predicted octanol–water partition coefficient (Wildman–Crippen LogP) is 2.35. The monoisotopic (exact) mass is 276 g/mol. The fourth-order valence-electron chi connectivity index (χ4n) is 1.83. The van der Waals surface area contributed by atoms with Gasteiger partial charge >= 0.3 is 7.12 Å². The summed E-state index contributed by atoms with van der Waals surface area (Å²) in [6, 6.07) is 5.81. The number of fused-ring (bicyclic) bond motifs is 1. The second kappa shape index (κ2) is 5.85. The van der Waals surface area contributed by atoms with E-state index in [9.17, 15) is 0 Å². The van der Waals surface area contributed by atoms with Gasteiger partial charge in [0.05, 0.1) is 0 Å². The van der Waals surface area contributed by atoms with Gasteiger partial charge in [0.25, 0.3) is 6.01 Å². The maximum atomic E-state index is 6.06. The van der Waals surface area contributed by atoms with Gasteiger partial charge in [0.15, 0.2) is 5.58 Å². The number of aromatic nitrogens is 1. The number of hydrogen-bond donors (Lipinski definition) is 1. The van der Waals surface area contributed by atoms with E-state index in [1.54, 1.807) is 0 Å². The van der Waals surface area contributed by atoms with Gasteiger partial charge in [-0.2, -0.15) is 4.98 Å². The number of benzene rings is 1. The molecule has 2 rings (SSSR count).